The van der Waals surface area contributed by atoms with Gasteiger partial charge in [-0.3, -0.25) is 4.90 Å². The molecule has 0 bridgehead atoms. The van der Waals surface area contributed by atoms with Crippen LogP contribution in [0.25, 0.3) is 0 Å². The average molecular weight is 416 g/mol. The van der Waals surface area contributed by atoms with Crippen LogP contribution < -0.4 is 4.90 Å². The van der Waals surface area contributed by atoms with Crippen LogP contribution in [0.4, 0.5) is 10.5 Å². The fourth-order valence-corrected chi connectivity index (χ4v) is 5.82. The van der Waals surface area contributed by atoms with Gasteiger partial charge in [-0.15, -0.1) is 0 Å². The van der Waals surface area contributed by atoms with Crippen LogP contribution in [-0.2, 0) is 19.5 Å². The third kappa shape index (κ3) is 3.63. The van der Waals surface area contributed by atoms with Crippen molar-refractivity contribution in [1.82, 2.24) is 4.31 Å². The van der Waals surface area contributed by atoms with Crippen molar-refractivity contribution in [2.75, 3.05) is 24.7 Å². The molecule has 2 aromatic carbocycles. The molecule has 3 atom stereocenters. The van der Waals surface area contributed by atoms with Crippen LogP contribution in [0.5, 0.6) is 0 Å². The third-order valence-corrected chi connectivity index (χ3v) is 7.52. The van der Waals surface area contributed by atoms with Crippen LogP contribution in [0, 0.1) is 0 Å². The highest BCUT2D eigenvalue weighted by molar-refractivity contribution is 7.89. The zero-order chi connectivity index (χ0) is 20.6. The number of sulfonamides is 1. The molecule has 154 valence electrons. The first-order valence-corrected chi connectivity index (χ1v) is 11.1. The zero-order valence-electron chi connectivity index (χ0n) is 16.4. The van der Waals surface area contributed by atoms with E-state index in [9.17, 15) is 13.2 Å². The Morgan fingerprint density at radius 3 is 2.31 bits per heavy atom. The number of carbonyl (C=O) groups excluding carboxylic acids is 1. The normalized spacial score (nSPS) is 25.8. The van der Waals surface area contributed by atoms with Gasteiger partial charge >= 0.3 is 6.09 Å². The molecule has 0 aliphatic carbocycles. The summed E-state index contributed by atoms with van der Waals surface area (Å²) in [6.07, 6.45) is -0.748. The van der Waals surface area contributed by atoms with Crippen LogP contribution in [-0.4, -0.2) is 50.7 Å². The lowest BCUT2D eigenvalue weighted by Crippen LogP contribution is -2.53. The predicted molar refractivity (Wildman–Crippen MR) is 108 cm³/mol. The van der Waals surface area contributed by atoms with Crippen LogP contribution >= 0.6 is 0 Å². The lowest BCUT2D eigenvalue weighted by molar-refractivity contribution is -0.0617. The minimum absolute atomic E-state index is 0.196. The van der Waals surface area contributed by atoms with Gasteiger partial charge in [-0.25, -0.2) is 13.2 Å². The molecule has 29 heavy (non-hydrogen) atoms. The number of morpholine rings is 1. The first kappa shape index (κ1) is 19.9. The van der Waals surface area contributed by atoms with E-state index in [0.29, 0.717) is 25.4 Å². The van der Waals surface area contributed by atoms with Gasteiger partial charge in [0.2, 0.25) is 10.0 Å². The number of nitrogens with zero attached hydrogens (tertiary/aromatic N) is 2. The van der Waals surface area contributed by atoms with Gasteiger partial charge in [0.1, 0.15) is 6.61 Å². The van der Waals surface area contributed by atoms with Gasteiger partial charge in [0.05, 0.1) is 30.2 Å². The standard InChI is InChI=1S/C21H24N2O5S/c1-15-14-28-20(17-6-4-3-5-7-17)16(2)23(15)29(25,26)19-10-8-18(9-11-19)22-12-13-27-21(22)24/h3-11,15-16,20H,12-14H2,1-2H3/t15-,16-,20-/m1/s1. The summed E-state index contributed by atoms with van der Waals surface area (Å²) in [5, 5.41) is 0. The highest BCUT2D eigenvalue weighted by Gasteiger charge is 2.41. The minimum atomic E-state index is -3.74. The molecule has 1 amide bonds. The molecule has 0 radical (unpaired) electrons. The van der Waals surface area contributed by atoms with E-state index in [-0.39, 0.29) is 23.1 Å². The Hall–Kier alpha value is -2.42. The molecule has 4 rings (SSSR count). The Bertz CT molecular complexity index is 978. The highest BCUT2D eigenvalue weighted by Crippen LogP contribution is 2.35. The molecular weight excluding hydrogens is 392 g/mol. The highest BCUT2D eigenvalue weighted by atomic mass is 32.2. The molecule has 0 spiro atoms. The maximum absolute atomic E-state index is 13.4. The van der Waals surface area contributed by atoms with Crippen LogP contribution in [0.15, 0.2) is 59.5 Å². The maximum Gasteiger partial charge on any atom is 0.414 e. The lowest BCUT2D eigenvalue weighted by Gasteiger charge is -2.42. The minimum Gasteiger partial charge on any atom is -0.447 e. The first-order chi connectivity index (χ1) is 13.9. The number of hydrogen-bond donors (Lipinski definition) is 0. The summed E-state index contributed by atoms with van der Waals surface area (Å²) in [6.45, 7) is 4.84. The molecule has 7 nitrogen and oxygen atoms in total. The number of rotatable bonds is 4. The van der Waals surface area contributed by atoms with Crippen molar-refractivity contribution in [2.24, 2.45) is 0 Å². The van der Waals surface area contributed by atoms with Crippen molar-refractivity contribution < 1.29 is 22.7 Å². The van der Waals surface area contributed by atoms with Gasteiger partial charge in [0, 0.05) is 11.7 Å². The number of amides is 1. The smallest absolute Gasteiger partial charge is 0.414 e. The summed E-state index contributed by atoms with van der Waals surface area (Å²) in [5.74, 6) is 0. The number of hydrogen-bond acceptors (Lipinski definition) is 5. The van der Waals surface area contributed by atoms with Crippen molar-refractivity contribution in [2.45, 2.75) is 36.9 Å². The van der Waals surface area contributed by atoms with Crippen LogP contribution in [0.3, 0.4) is 0 Å². The van der Waals surface area contributed by atoms with Gasteiger partial charge in [-0.2, -0.15) is 4.31 Å². The number of carbonyl (C=O) groups is 1. The maximum atomic E-state index is 13.4. The third-order valence-electron chi connectivity index (χ3n) is 5.40. The van der Waals surface area contributed by atoms with Gasteiger partial charge in [-0.1, -0.05) is 30.3 Å². The van der Waals surface area contributed by atoms with E-state index in [2.05, 4.69) is 0 Å². The zero-order valence-corrected chi connectivity index (χ0v) is 17.2. The Morgan fingerprint density at radius 2 is 1.69 bits per heavy atom. The Morgan fingerprint density at radius 1 is 1.00 bits per heavy atom. The van der Waals surface area contributed by atoms with Crippen molar-refractivity contribution in [3.8, 4) is 0 Å². The molecule has 8 heteroatoms. The molecule has 2 aliphatic rings. The van der Waals surface area contributed by atoms with E-state index in [4.69, 9.17) is 9.47 Å². The summed E-state index contributed by atoms with van der Waals surface area (Å²) < 4.78 is 39.4. The molecule has 2 fully saturated rings. The van der Waals surface area contributed by atoms with Crippen molar-refractivity contribution in [3.05, 3.63) is 60.2 Å². The summed E-state index contributed by atoms with van der Waals surface area (Å²) in [6, 6.07) is 15.4. The second-order valence-corrected chi connectivity index (χ2v) is 9.19. The summed E-state index contributed by atoms with van der Waals surface area (Å²) in [7, 11) is -3.74. The number of cyclic esters (lactones) is 1. The predicted octanol–water partition coefficient (Wildman–Crippen LogP) is 3.18. The number of anilines is 1. The molecule has 0 aromatic heterocycles. The SMILES string of the molecule is C[C@@H]1CO[C@@H](c2ccccc2)[C@@H](C)N1S(=O)(=O)c1ccc(N2CCOC2=O)cc1. The average Bonchev–Trinajstić information content (AvgIpc) is 3.14. The lowest BCUT2D eigenvalue weighted by atomic mass is 10.0. The Labute approximate surface area is 170 Å². The fraction of sp³-hybridized carbons (Fsp3) is 0.381. The molecule has 0 N–H and O–H groups in total. The van der Waals surface area contributed by atoms with Gasteiger partial charge in [0.15, 0.2) is 0 Å². The second kappa shape index (κ2) is 7.78. The topological polar surface area (TPSA) is 76.2 Å². The molecule has 2 heterocycles. The summed E-state index contributed by atoms with van der Waals surface area (Å²) in [4.78, 5) is 13.4. The van der Waals surface area contributed by atoms with E-state index >= 15 is 0 Å². The largest absolute Gasteiger partial charge is 0.447 e. The number of ether oxygens (including phenoxy) is 2. The molecular formula is C21H24N2O5S. The second-order valence-electron chi connectivity index (χ2n) is 7.35. The van der Waals surface area contributed by atoms with Crippen LogP contribution in [0.2, 0.25) is 0 Å². The van der Waals surface area contributed by atoms with E-state index < -0.39 is 16.1 Å². The van der Waals surface area contributed by atoms with Crippen molar-refractivity contribution in [1.29, 1.82) is 0 Å². The summed E-state index contributed by atoms with van der Waals surface area (Å²) >= 11 is 0. The van der Waals surface area contributed by atoms with Gasteiger partial charge in [-0.05, 0) is 43.7 Å². The van der Waals surface area contributed by atoms with Gasteiger partial charge < -0.3 is 9.47 Å². The first-order valence-electron chi connectivity index (χ1n) is 9.64. The molecule has 0 saturated carbocycles. The molecule has 0 unspecified atom stereocenters. The summed E-state index contributed by atoms with van der Waals surface area (Å²) in [5.41, 5.74) is 1.58. The number of benzene rings is 2. The molecule has 2 saturated heterocycles. The van der Waals surface area contributed by atoms with E-state index in [1.807, 2.05) is 44.2 Å². The Balaban J connectivity index is 1.62. The van der Waals surface area contributed by atoms with Crippen LogP contribution in [0.1, 0.15) is 25.5 Å². The van der Waals surface area contributed by atoms with Crippen molar-refractivity contribution >= 4 is 21.8 Å². The monoisotopic (exact) mass is 416 g/mol. The quantitative estimate of drug-likeness (QED) is 0.765. The van der Waals surface area contributed by atoms with E-state index in [0.717, 1.165) is 5.56 Å². The fourth-order valence-electron chi connectivity index (χ4n) is 4.01. The van der Waals surface area contributed by atoms with E-state index in [1.54, 1.807) is 24.3 Å². The molecule has 2 aliphatic heterocycles. The van der Waals surface area contributed by atoms with Crippen molar-refractivity contribution in [3.63, 3.8) is 0 Å². The molecule has 2 aromatic rings. The van der Waals surface area contributed by atoms with Gasteiger partial charge in [0.25, 0.3) is 0 Å². The van der Waals surface area contributed by atoms with E-state index in [1.165, 1.54) is 9.21 Å². The Kier molecular flexibility index (Phi) is 5.33.